The fourth-order valence-electron chi connectivity index (χ4n) is 1.06. The first-order valence-corrected chi connectivity index (χ1v) is 6.96. The van der Waals surface area contributed by atoms with Gasteiger partial charge in [-0.25, -0.2) is 0 Å². The molecule has 0 aliphatic heterocycles. The molecule has 0 aromatic carbocycles. The Morgan fingerprint density at radius 2 is 2.27 bits per heavy atom. The highest BCUT2D eigenvalue weighted by Crippen LogP contribution is 2.32. The third-order valence-electron chi connectivity index (χ3n) is 1.85. The quantitative estimate of drug-likeness (QED) is 0.769. The van der Waals surface area contributed by atoms with E-state index in [4.69, 9.17) is 4.42 Å². The summed E-state index contributed by atoms with van der Waals surface area (Å²) >= 11 is 8.45. The summed E-state index contributed by atoms with van der Waals surface area (Å²) in [5.41, 5.74) is 0. The summed E-state index contributed by atoms with van der Waals surface area (Å²) in [6.45, 7) is 2.06. The highest BCUT2D eigenvalue weighted by Gasteiger charge is 2.15. The predicted octanol–water partition coefficient (Wildman–Crippen LogP) is 4.41. The summed E-state index contributed by atoms with van der Waals surface area (Å²) < 4.78 is 6.61. The molecule has 3 nitrogen and oxygen atoms in total. The minimum absolute atomic E-state index is 0.141. The first-order chi connectivity index (χ1) is 7.20. The Labute approximate surface area is 108 Å². The zero-order valence-electron chi connectivity index (χ0n) is 7.91. The van der Waals surface area contributed by atoms with Gasteiger partial charge < -0.3 is 4.42 Å². The number of hydrogen-bond donors (Lipinski definition) is 0. The highest BCUT2D eigenvalue weighted by atomic mass is 79.9. The molecule has 6 heteroatoms. The Balaban J connectivity index is 2.27. The molecular formula is C9H8Br2N2OS. The van der Waals surface area contributed by atoms with Crippen molar-refractivity contribution in [2.24, 2.45) is 0 Å². The molecule has 2 heterocycles. The molecule has 0 amide bonds. The lowest BCUT2D eigenvalue weighted by atomic mass is 10.3. The van der Waals surface area contributed by atoms with E-state index >= 15 is 0 Å². The van der Waals surface area contributed by atoms with E-state index < -0.39 is 0 Å². The summed E-state index contributed by atoms with van der Waals surface area (Å²) in [6.07, 6.45) is 0.926. The maximum atomic E-state index is 5.56. The van der Waals surface area contributed by atoms with Gasteiger partial charge in [-0.05, 0) is 34.5 Å². The van der Waals surface area contributed by atoms with Gasteiger partial charge in [0.1, 0.15) is 0 Å². The summed E-state index contributed by atoms with van der Waals surface area (Å²) in [5, 5.41) is 8.01. The van der Waals surface area contributed by atoms with Gasteiger partial charge in [0.05, 0.1) is 13.5 Å². The third kappa shape index (κ3) is 2.49. The first-order valence-electron chi connectivity index (χ1n) is 4.44. The zero-order valence-corrected chi connectivity index (χ0v) is 11.9. The smallest absolute Gasteiger partial charge is 0.257 e. The topological polar surface area (TPSA) is 38.9 Å². The number of alkyl halides is 1. The standard InChI is InChI=1S/C9H8Br2N2OS/c1-2-5(10)8-12-13-9(14-8)6-3-4-7(11)15-6/h3-5H,2H2,1H3. The number of nitrogens with zero attached hydrogens (tertiary/aromatic N) is 2. The fraction of sp³-hybridized carbons (Fsp3) is 0.333. The van der Waals surface area contributed by atoms with Gasteiger partial charge in [0.25, 0.3) is 5.89 Å². The lowest BCUT2D eigenvalue weighted by Gasteiger charge is -1.97. The molecule has 0 radical (unpaired) electrons. The second kappa shape index (κ2) is 4.76. The molecule has 1 atom stereocenters. The summed E-state index contributed by atoms with van der Waals surface area (Å²) in [7, 11) is 0. The Morgan fingerprint density at radius 1 is 1.47 bits per heavy atom. The summed E-state index contributed by atoms with van der Waals surface area (Å²) in [6, 6.07) is 3.93. The third-order valence-corrected chi connectivity index (χ3v) is 4.50. The average molecular weight is 352 g/mol. The Hall–Kier alpha value is -0.200. The Bertz CT molecular complexity index is 454. The molecule has 0 fully saturated rings. The van der Waals surface area contributed by atoms with E-state index in [1.54, 1.807) is 11.3 Å². The van der Waals surface area contributed by atoms with Crippen LogP contribution in [0.25, 0.3) is 10.8 Å². The minimum Gasteiger partial charge on any atom is -0.419 e. The Morgan fingerprint density at radius 3 is 2.87 bits per heavy atom. The molecule has 0 saturated heterocycles. The lowest BCUT2D eigenvalue weighted by Crippen LogP contribution is -1.86. The monoisotopic (exact) mass is 350 g/mol. The molecule has 80 valence electrons. The van der Waals surface area contributed by atoms with E-state index in [-0.39, 0.29) is 4.83 Å². The van der Waals surface area contributed by atoms with Crippen LogP contribution in [0.4, 0.5) is 0 Å². The molecule has 2 rings (SSSR count). The largest absolute Gasteiger partial charge is 0.419 e. The number of rotatable bonds is 3. The van der Waals surface area contributed by atoms with E-state index in [0.29, 0.717) is 11.8 Å². The van der Waals surface area contributed by atoms with Crippen LogP contribution < -0.4 is 0 Å². The zero-order chi connectivity index (χ0) is 10.8. The van der Waals surface area contributed by atoms with E-state index in [0.717, 1.165) is 15.1 Å². The van der Waals surface area contributed by atoms with Crippen molar-refractivity contribution in [2.75, 3.05) is 0 Å². The molecule has 2 aromatic rings. The van der Waals surface area contributed by atoms with Crippen LogP contribution in [0.5, 0.6) is 0 Å². The van der Waals surface area contributed by atoms with Gasteiger partial charge in [0, 0.05) is 0 Å². The molecule has 15 heavy (non-hydrogen) atoms. The molecular weight excluding hydrogens is 344 g/mol. The SMILES string of the molecule is CCC(Br)c1nnc(-c2ccc(Br)s2)o1. The molecule has 2 aromatic heterocycles. The molecule has 0 spiro atoms. The van der Waals surface area contributed by atoms with Crippen LogP contribution in [-0.4, -0.2) is 10.2 Å². The highest BCUT2D eigenvalue weighted by molar-refractivity contribution is 9.11. The van der Waals surface area contributed by atoms with E-state index in [1.807, 2.05) is 12.1 Å². The van der Waals surface area contributed by atoms with Crippen LogP contribution in [0.15, 0.2) is 20.3 Å². The van der Waals surface area contributed by atoms with Crippen molar-refractivity contribution in [1.29, 1.82) is 0 Å². The maximum Gasteiger partial charge on any atom is 0.257 e. The predicted molar refractivity (Wildman–Crippen MR) is 67.3 cm³/mol. The van der Waals surface area contributed by atoms with Crippen LogP contribution in [0.3, 0.4) is 0 Å². The average Bonchev–Trinajstić information content (AvgIpc) is 2.84. The summed E-state index contributed by atoms with van der Waals surface area (Å²) in [5.74, 6) is 1.22. The number of thiophene rings is 1. The summed E-state index contributed by atoms with van der Waals surface area (Å²) in [4.78, 5) is 1.12. The normalized spacial score (nSPS) is 13.0. The van der Waals surface area contributed by atoms with Crippen molar-refractivity contribution < 1.29 is 4.42 Å². The molecule has 0 N–H and O–H groups in total. The van der Waals surface area contributed by atoms with Crippen LogP contribution >= 0.6 is 43.2 Å². The molecule has 0 aliphatic carbocycles. The molecule has 0 bridgehead atoms. The van der Waals surface area contributed by atoms with Crippen LogP contribution in [0, 0.1) is 0 Å². The van der Waals surface area contributed by atoms with Gasteiger partial charge >= 0.3 is 0 Å². The molecule has 0 aliphatic rings. The second-order valence-electron chi connectivity index (χ2n) is 2.92. The molecule has 0 saturated carbocycles. The maximum absolute atomic E-state index is 5.56. The van der Waals surface area contributed by atoms with Crippen molar-refractivity contribution >= 4 is 43.2 Å². The van der Waals surface area contributed by atoms with Crippen LogP contribution in [-0.2, 0) is 0 Å². The van der Waals surface area contributed by atoms with Gasteiger partial charge in [-0.2, -0.15) is 0 Å². The van der Waals surface area contributed by atoms with Crippen molar-refractivity contribution in [3.63, 3.8) is 0 Å². The van der Waals surface area contributed by atoms with Gasteiger partial charge in [-0.1, -0.05) is 22.9 Å². The van der Waals surface area contributed by atoms with Crippen molar-refractivity contribution in [1.82, 2.24) is 10.2 Å². The van der Waals surface area contributed by atoms with Gasteiger partial charge in [-0.3, -0.25) is 0 Å². The van der Waals surface area contributed by atoms with Gasteiger partial charge in [0.2, 0.25) is 5.89 Å². The molecule has 1 unspecified atom stereocenters. The van der Waals surface area contributed by atoms with Crippen molar-refractivity contribution in [3.8, 4) is 10.8 Å². The van der Waals surface area contributed by atoms with Gasteiger partial charge in [-0.15, -0.1) is 21.5 Å². The van der Waals surface area contributed by atoms with Crippen molar-refractivity contribution in [2.45, 2.75) is 18.2 Å². The second-order valence-corrected chi connectivity index (χ2v) is 6.49. The first kappa shape index (κ1) is 11.3. The number of hydrogen-bond acceptors (Lipinski definition) is 4. The van der Waals surface area contributed by atoms with E-state index in [9.17, 15) is 0 Å². The van der Waals surface area contributed by atoms with Crippen LogP contribution in [0.1, 0.15) is 24.1 Å². The fourth-order valence-corrected chi connectivity index (χ4v) is 2.56. The van der Waals surface area contributed by atoms with Gasteiger partial charge in [0.15, 0.2) is 0 Å². The van der Waals surface area contributed by atoms with Crippen molar-refractivity contribution in [3.05, 3.63) is 21.8 Å². The minimum atomic E-state index is 0.141. The van der Waals surface area contributed by atoms with E-state index in [1.165, 1.54) is 0 Å². The Kier molecular flexibility index (Phi) is 3.58. The number of halogens is 2. The van der Waals surface area contributed by atoms with E-state index in [2.05, 4.69) is 49.0 Å². The lowest BCUT2D eigenvalue weighted by molar-refractivity contribution is 0.501. The number of aromatic nitrogens is 2. The van der Waals surface area contributed by atoms with Crippen LogP contribution in [0.2, 0.25) is 0 Å².